The van der Waals surface area contributed by atoms with Gasteiger partial charge in [-0.25, -0.2) is 13.2 Å². The predicted octanol–water partition coefficient (Wildman–Crippen LogP) is 4.85. The van der Waals surface area contributed by atoms with Crippen molar-refractivity contribution in [3.05, 3.63) is 59.2 Å². The third kappa shape index (κ3) is 5.42. The van der Waals surface area contributed by atoms with E-state index >= 15 is 0 Å². The van der Waals surface area contributed by atoms with E-state index in [2.05, 4.69) is 5.32 Å². The summed E-state index contributed by atoms with van der Waals surface area (Å²) in [5.41, 5.74) is 0.102. The topological polar surface area (TPSA) is 69.7 Å². The lowest BCUT2D eigenvalue weighted by Gasteiger charge is -2.26. The van der Waals surface area contributed by atoms with Gasteiger partial charge in [0.05, 0.1) is 10.5 Å². The van der Waals surface area contributed by atoms with Crippen LogP contribution in [0.1, 0.15) is 36.0 Å². The molecule has 1 aliphatic heterocycles. The van der Waals surface area contributed by atoms with Crippen molar-refractivity contribution in [2.24, 2.45) is 0 Å². The molecular weight excluding hydrogens is 443 g/mol. The second-order valence-corrected chi connectivity index (χ2v) is 9.82. The standard InChI is InChI=1S/C22H26F3N3O3S/c1-16-10-11-18(32(30,31)28-12-6-3-7-13-28)14-20(16)26-21(29)27(2)15-17-8-4-5-9-19(17)22(23,24)25/h4-5,8-11,14H,3,6-7,12-13,15H2,1-2H3,(H,26,29). The molecule has 0 aliphatic carbocycles. The number of halogens is 3. The number of piperidine rings is 1. The third-order valence-corrected chi connectivity index (χ3v) is 7.38. The van der Waals surface area contributed by atoms with Crippen LogP contribution in [-0.4, -0.2) is 43.8 Å². The highest BCUT2D eigenvalue weighted by atomic mass is 32.2. The number of anilines is 1. The summed E-state index contributed by atoms with van der Waals surface area (Å²) in [6.45, 7) is 2.37. The Balaban J connectivity index is 1.77. The molecular formula is C22H26F3N3O3S. The van der Waals surface area contributed by atoms with Crippen LogP contribution in [0.2, 0.25) is 0 Å². The van der Waals surface area contributed by atoms with E-state index in [1.165, 1.54) is 41.7 Å². The number of amides is 2. The Morgan fingerprint density at radius 2 is 1.75 bits per heavy atom. The molecule has 6 nitrogen and oxygen atoms in total. The van der Waals surface area contributed by atoms with Gasteiger partial charge in [-0.3, -0.25) is 0 Å². The largest absolute Gasteiger partial charge is 0.416 e. The summed E-state index contributed by atoms with van der Waals surface area (Å²) >= 11 is 0. The molecule has 10 heteroatoms. The number of carbonyl (C=O) groups excluding carboxylic acids is 1. The lowest BCUT2D eigenvalue weighted by Crippen LogP contribution is -2.35. The SMILES string of the molecule is Cc1ccc(S(=O)(=O)N2CCCCC2)cc1NC(=O)N(C)Cc1ccccc1C(F)(F)F. The normalized spacial score (nSPS) is 15.4. The molecule has 0 unspecified atom stereocenters. The maximum absolute atomic E-state index is 13.2. The number of aryl methyl sites for hydroxylation is 1. The van der Waals surface area contributed by atoms with Crippen LogP contribution in [0.25, 0.3) is 0 Å². The molecule has 0 spiro atoms. The second-order valence-electron chi connectivity index (χ2n) is 7.88. The predicted molar refractivity (Wildman–Crippen MR) is 116 cm³/mol. The monoisotopic (exact) mass is 469 g/mol. The van der Waals surface area contributed by atoms with E-state index in [0.717, 1.165) is 30.2 Å². The van der Waals surface area contributed by atoms with Gasteiger partial charge in [-0.2, -0.15) is 17.5 Å². The first-order chi connectivity index (χ1) is 15.0. The highest BCUT2D eigenvalue weighted by Gasteiger charge is 2.33. The fourth-order valence-corrected chi connectivity index (χ4v) is 5.17. The van der Waals surface area contributed by atoms with Gasteiger partial charge in [-0.05, 0) is 49.1 Å². The number of nitrogens with zero attached hydrogens (tertiary/aromatic N) is 2. The minimum Gasteiger partial charge on any atom is -0.323 e. The maximum Gasteiger partial charge on any atom is 0.416 e. The van der Waals surface area contributed by atoms with Crippen LogP contribution in [0.4, 0.5) is 23.7 Å². The molecule has 2 aromatic carbocycles. The van der Waals surface area contributed by atoms with Crippen molar-refractivity contribution in [1.29, 1.82) is 0 Å². The molecule has 32 heavy (non-hydrogen) atoms. The van der Waals surface area contributed by atoms with E-state index < -0.39 is 27.8 Å². The quantitative estimate of drug-likeness (QED) is 0.681. The van der Waals surface area contributed by atoms with Gasteiger partial charge < -0.3 is 10.2 Å². The van der Waals surface area contributed by atoms with Crippen LogP contribution in [0, 0.1) is 6.92 Å². The first-order valence-electron chi connectivity index (χ1n) is 10.3. The van der Waals surface area contributed by atoms with E-state index in [1.807, 2.05) is 0 Å². The number of carbonyl (C=O) groups is 1. The van der Waals surface area contributed by atoms with Crippen molar-refractivity contribution in [3.8, 4) is 0 Å². The van der Waals surface area contributed by atoms with Crippen molar-refractivity contribution in [3.63, 3.8) is 0 Å². The number of benzene rings is 2. The fraction of sp³-hybridized carbons (Fsp3) is 0.409. The highest BCUT2D eigenvalue weighted by molar-refractivity contribution is 7.89. The summed E-state index contributed by atoms with van der Waals surface area (Å²) in [5, 5.41) is 2.63. The summed E-state index contributed by atoms with van der Waals surface area (Å²) in [5.74, 6) is 0. The summed E-state index contributed by atoms with van der Waals surface area (Å²) < 4.78 is 67.0. The van der Waals surface area contributed by atoms with Crippen LogP contribution in [-0.2, 0) is 22.7 Å². The van der Waals surface area contributed by atoms with Gasteiger partial charge in [0, 0.05) is 32.4 Å². The molecule has 1 heterocycles. The molecule has 1 saturated heterocycles. The van der Waals surface area contributed by atoms with Crippen molar-refractivity contribution < 1.29 is 26.4 Å². The molecule has 0 atom stereocenters. The average molecular weight is 470 g/mol. The zero-order valence-electron chi connectivity index (χ0n) is 17.9. The lowest BCUT2D eigenvalue weighted by atomic mass is 10.1. The van der Waals surface area contributed by atoms with Gasteiger partial charge in [0.15, 0.2) is 0 Å². The number of sulfonamides is 1. The molecule has 174 valence electrons. The smallest absolute Gasteiger partial charge is 0.323 e. The summed E-state index contributed by atoms with van der Waals surface area (Å²) in [6, 6.07) is 8.93. The molecule has 0 bridgehead atoms. The molecule has 0 aromatic heterocycles. The van der Waals surface area contributed by atoms with Crippen molar-refractivity contribution >= 4 is 21.7 Å². The molecule has 2 amide bonds. The number of nitrogens with one attached hydrogen (secondary N) is 1. The van der Waals surface area contributed by atoms with Gasteiger partial charge in [0.25, 0.3) is 0 Å². The highest BCUT2D eigenvalue weighted by Crippen LogP contribution is 2.32. The molecule has 3 rings (SSSR count). The first kappa shape index (κ1) is 24.1. The fourth-order valence-electron chi connectivity index (χ4n) is 3.62. The number of urea groups is 1. The Morgan fingerprint density at radius 1 is 1.09 bits per heavy atom. The second kappa shape index (κ2) is 9.50. The Morgan fingerprint density at radius 3 is 2.41 bits per heavy atom. The minimum absolute atomic E-state index is 0.0317. The molecule has 1 N–H and O–H groups in total. The van der Waals surface area contributed by atoms with E-state index in [-0.39, 0.29) is 17.0 Å². The molecule has 0 saturated carbocycles. The zero-order chi connectivity index (χ0) is 23.5. The number of hydrogen-bond acceptors (Lipinski definition) is 3. The van der Waals surface area contributed by atoms with Crippen LogP contribution < -0.4 is 5.32 Å². The van der Waals surface area contributed by atoms with Gasteiger partial charge in [0.2, 0.25) is 10.0 Å². The van der Waals surface area contributed by atoms with Gasteiger partial charge in [-0.1, -0.05) is 30.7 Å². The van der Waals surface area contributed by atoms with E-state index in [4.69, 9.17) is 0 Å². The van der Waals surface area contributed by atoms with Crippen LogP contribution >= 0.6 is 0 Å². The van der Waals surface area contributed by atoms with Crippen molar-refractivity contribution in [1.82, 2.24) is 9.21 Å². The minimum atomic E-state index is -4.53. The van der Waals surface area contributed by atoms with Crippen LogP contribution in [0.15, 0.2) is 47.4 Å². The Labute approximate surface area is 186 Å². The summed E-state index contributed by atoms with van der Waals surface area (Å²) in [6.07, 6.45) is -1.93. The summed E-state index contributed by atoms with van der Waals surface area (Å²) in [7, 11) is -2.30. The zero-order valence-corrected chi connectivity index (χ0v) is 18.8. The molecule has 1 aliphatic rings. The summed E-state index contributed by atoms with van der Waals surface area (Å²) in [4.78, 5) is 13.9. The van der Waals surface area contributed by atoms with E-state index in [1.54, 1.807) is 13.0 Å². The van der Waals surface area contributed by atoms with Gasteiger partial charge in [0.1, 0.15) is 0 Å². The number of rotatable bonds is 5. The number of alkyl halides is 3. The molecule has 0 radical (unpaired) electrons. The maximum atomic E-state index is 13.2. The van der Waals surface area contributed by atoms with E-state index in [0.29, 0.717) is 24.3 Å². The van der Waals surface area contributed by atoms with Gasteiger partial charge in [-0.15, -0.1) is 0 Å². The van der Waals surface area contributed by atoms with Crippen LogP contribution in [0.5, 0.6) is 0 Å². The van der Waals surface area contributed by atoms with E-state index in [9.17, 15) is 26.4 Å². The Bertz CT molecular complexity index is 1080. The van der Waals surface area contributed by atoms with Crippen LogP contribution in [0.3, 0.4) is 0 Å². The lowest BCUT2D eigenvalue weighted by molar-refractivity contribution is -0.138. The van der Waals surface area contributed by atoms with Gasteiger partial charge >= 0.3 is 12.2 Å². The Kier molecular flexibility index (Phi) is 7.14. The average Bonchev–Trinajstić information content (AvgIpc) is 2.75. The Hall–Kier alpha value is -2.59. The van der Waals surface area contributed by atoms with Crippen molar-refractivity contribution in [2.75, 3.05) is 25.5 Å². The number of hydrogen-bond donors (Lipinski definition) is 1. The first-order valence-corrected chi connectivity index (χ1v) is 11.7. The van der Waals surface area contributed by atoms with Crippen molar-refractivity contribution in [2.45, 2.75) is 43.8 Å². The third-order valence-electron chi connectivity index (χ3n) is 5.48. The molecule has 2 aromatic rings. The molecule has 1 fully saturated rings.